The highest BCUT2D eigenvalue weighted by Gasteiger charge is 2.14. The van der Waals surface area contributed by atoms with Crippen LogP contribution in [0.2, 0.25) is 0 Å². The maximum atomic E-state index is 13.7. The second kappa shape index (κ2) is 4.23. The Morgan fingerprint density at radius 3 is 2.67 bits per heavy atom. The van der Waals surface area contributed by atoms with Gasteiger partial charge in [0.1, 0.15) is 11.5 Å². The Morgan fingerprint density at radius 1 is 1.11 bits per heavy atom. The van der Waals surface area contributed by atoms with Crippen LogP contribution in [0.3, 0.4) is 0 Å². The van der Waals surface area contributed by atoms with E-state index in [0.29, 0.717) is 16.8 Å². The zero-order chi connectivity index (χ0) is 12.5. The molecule has 3 rings (SSSR count). The number of aromatic nitrogens is 1. The molecule has 4 heteroatoms. The molecule has 0 radical (unpaired) electrons. The van der Waals surface area contributed by atoms with Gasteiger partial charge in [-0.3, -0.25) is 0 Å². The van der Waals surface area contributed by atoms with Crippen molar-refractivity contribution in [1.82, 2.24) is 4.98 Å². The van der Waals surface area contributed by atoms with Crippen LogP contribution in [0.15, 0.2) is 47.2 Å². The molecule has 0 saturated carbocycles. The molecular weight excluding hydrogens is 233 g/mol. The number of hydrogen-bond donors (Lipinski definition) is 1. The molecule has 18 heavy (non-hydrogen) atoms. The summed E-state index contributed by atoms with van der Waals surface area (Å²) in [6.45, 7) is -0.211. The fourth-order valence-corrected chi connectivity index (χ4v) is 2.06. The number of aliphatic hydroxyl groups excluding tert-OH is 1. The van der Waals surface area contributed by atoms with Crippen molar-refractivity contribution in [2.24, 2.45) is 0 Å². The van der Waals surface area contributed by atoms with Crippen molar-refractivity contribution in [1.29, 1.82) is 0 Å². The van der Waals surface area contributed by atoms with Crippen LogP contribution in [-0.4, -0.2) is 10.1 Å². The molecule has 0 atom stereocenters. The van der Waals surface area contributed by atoms with Crippen molar-refractivity contribution in [3.8, 4) is 11.3 Å². The maximum Gasteiger partial charge on any atom is 0.181 e. The molecule has 0 spiro atoms. The molecule has 0 bridgehead atoms. The lowest BCUT2D eigenvalue weighted by atomic mass is 10.0. The molecule has 1 aromatic heterocycles. The third-order valence-electron chi connectivity index (χ3n) is 2.91. The number of benzene rings is 2. The summed E-state index contributed by atoms with van der Waals surface area (Å²) in [7, 11) is 0. The summed E-state index contributed by atoms with van der Waals surface area (Å²) in [5, 5.41) is 10.5. The zero-order valence-corrected chi connectivity index (χ0v) is 9.43. The third-order valence-corrected chi connectivity index (χ3v) is 2.91. The first-order valence-corrected chi connectivity index (χ1v) is 5.52. The zero-order valence-electron chi connectivity index (χ0n) is 9.43. The Hall–Kier alpha value is -2.20. The quantitative estimate of drug-likeness (QED) is 0.752. The van der Waals surface area contributed by atoms with Gasteiger partial charge >= 0.3 is 0 Å². The molecule has 0 amide bonds. The summed E-state index contributed by atoms with van der Waals surface area (Å²) in [5.74, 6) is 0.202. The average molecular weight is 243 g/mol. The Balaban J connectivity index is 2.34. The van der Waals surface area contributed by atoms with Crippen molar-refractivity contribution in [3.05, 3.63) is 54.3 Å². The summed E-state index contributed by atoms with van der Waals surface area (Å²) in [4.78, 5) is 3.93. The van der Waals surface area contributed by atoms with Gasteiger partial charge in [-0.2, -0.15) is 0 Å². The minimum atomic E-state index is -0.278. The Morgan fingerprint density at radius 2 is 1.89 bits per heavy atom. The average Bonchev–Trinajstić information content (AvgIpc) is 2.88. The van der Waals surface area contributed by atoms with Gasteiger partial charge in [-0.25, -0.2) is 9.37 Å². The number of aliphatic hydroxyl groups is 1. The Bertz CT molecular complexity index is 706. The van der Waals surface area contributed by atoms with Crippen LogP contribution in [0.5, 0.6) is 0 Å². The molecule has 1 heterocycles. The molecule has 3 nitrogen and oxygen atoms in total. The summed E-state index contributed by atoms with van der Waals surface area (Å²) >= 11 is 0. The maximum absolute atomic E-state index is 13.7. The molecular formula is C14H10FNO2. The van der Waals surface area contributed by atoms with E-state index in [9.17, 15) is 9.50 Å². The van der Waals surface area contributed by atoms with Gasteiger partial charge in [0.2, 0.25) is 0 Å². The molecule has 0 saturated heterocycles. The van der Waals surface area contributed by atoms with Crippen LogP contribution in [-0.2, 0) is 6.61 Å². The predicted molar refractivity (Wildman–Crippen MR) is 65.3 cm³/mol. The highest BCUT2D eigenvalue weighted by Crippen LogP contribution is 2.32. The normalized spacial score (nSPS) is 11.0. The van der Waals surface area contributed by atoms with E-state index in [1.165, 1.54) is 12.5 Å². The molecule has 0 aliphatic heterocycles. The molecule has 0 aliphatic rings. The first-order valence-electron chi connectivity index (χ1n) is 5.52. The van der Waals surface area contributed by atoms with Crippen LogP contribution in [0.4, 0.5) is 4.39 Å². The van der Waals surface area contributed by atoms with E-state index in [1.54, 1.807) is 18.2 Å². The molecule has 90 valence electrons. The first kappa shape index (κ1) is 10.9. The van der Waals surface area contributed by atoms with Crippen LogP contribution in [0.1, 0.15) is 5.69 Å². The van der Waals surface area contributed by atoms with E-state index in [0.717, 1.165) is 10.9 Å². The van der Waals surface area contributed by atoms with Gasteiger partial charge in [0, 0.05) is 10.9 Å². The number of rotatable bonds is 2. The Kier molecular flexibility index (Phi) is 2.57. The van der Waals surface area contributed by atoms with Gasteiger partial charge < -0.3 is 9.52 Å². The largest absolute Gasteiger partial charge is 0.443 e. The van der Waals surface area contributed by atoms with E-state index < -0.39 is 0 Å². The molecule has 3 aromatic rings. The predicted octanol–water partition coefficient (Wildman–Crippen LogP) is 3.13. The second-order valence-electron chi connectivity index (χ2n) is 3.93. The highest BCUT2D eigenvalue weighted by molar-refractivity contribution is 5.96. The Labute approximate surface area is 103 Å². The third kappa shape index (κ3) is 1.58. The standard InChI is InChI=1S/C14H10FNO2/c15-12-6-5-11(9-3-1-2-4-10(9)12)14-13(7-17)16-8-18-14/h1-6,8,17H,7H2. The summed E-state index contributed by atoms with van der Waals surface area (Å²) in [6, 6.07) is 10.2. The molecule has 0 fully saturated rings. The van der Waals surface area contributed by atoms with Gasteiger partial charge in [0.25, 0.3) is 0 Å². The molecule has 0 aliphatic carbocycles. The summed E-state index contributed by atoms with van der Waals surface area (Å²) < 4.78 is 19.0. The minimum Gasteiger partial charge on any atom is -0.443 e. The van der Waals surface area contributed by atoms with E-state index in [1.807, 2.05) is 12.1 Å². The number of oxazole rings is 1. The smallest absolute Gasteiger partial charge is 0.181 e. The lowest BCUT2D eigenvalue weighted by Gasteiger charge is -2.05. The number of nitrogens with zero attached hydrogens (tertiary/aromatic N) is 1. The molecule has 0 unspecified atom stereocenters. The second-order valence-corrected chi connectivity index (χ2v) is 3.93. The van der Waals surface area contributed by atoms with E-state index in [-0.39, 0.29) is 12.4 Å². The van der Waals surface area contributed by atoms with E-state index >= 15 is 0 Å². The van der Waals surface area contributed by atoms with Gasteiger partial charge in [-0.15, -0.1) is 0 Å². The van der Waals surface area contributed by atoms with Gasteiger partial charge in [-0.05, 0) is 17.5 Å². The number of halogens is 1. The van der Waals surface area contributed by atoms with Crippen LogP contribution in [0, 0.1) is 5.82 Å². The van der Waals surface area contributed by atoms with Crippen molar-refractivity contribution in [2.75, 3.05) is 0 Å². The highest BCUT2D eigenvalue weighted by atomic mass is 19.1. The van der Waals surface area contributed by atoms with Crippen LogP contribution >= 0.6 is 0 Å². The van der Waals surface area contributed by atoms with Gasteiger partial charge in [0.05, 0.1) is 6.61 Å². The number of fused-ring (bicyclic) bond motifs is 1. The van der Waals surface area contributed by atoms with Gasteiger partial charge in [0.15, 0.2) is 12.2 Å². The topological polar surface area (TPSA) is 46.3 Å². The van der Waals surface area contributed by atoms with Crippen molar-refractivity contribution >= 4 is 10.8 Å². The number of hydrogen-bond acceptors (Lipinski definition) is 3. The monoisotopic (exact) mass is 243 g/mol. The van der Waals surface area contributed by atoms with E-state index in [2.05, 4.69) is 4.98 Å². The first-order chi connectivity index (χ1) is 8.81. The fourth-order valence-electron chi connectivity index (χ4n) is 2.06. The van der Waals surface area contributed by atoms with Crippen LogP contribution in [0.25, 0.3) is 22.1 Å². The summed E-state index contributed by atoms with van der Waals surface area (Å²) in [6.07, 6.45) is 1.28. The van der Waals surface area contributed by atoms with Crippen molar-refractivity contribution in [2.45, 2.75) is 6.61 Å². The van der Waals surface area contributed by atoms with Crippen molar-refractivity contribution < 1.29 is 13.9 Å². The SMILES string of the molecule is OCc1ncoc1-c1ccc(F)c2ccccc12. The summed E-state index contributed by atoms with van der Waals surface area (Å²) in [5.41, 5.74) is 1.18. The van der Waals surface area contributed by atoms with Crippen molar-refractivity contribution in [3.63, 3.8) is 0 Å². The fraction of sp³-hybridized carbons (Fsp3) is 0.0714. The molecule has 1 N–H and O–H groups in total. The van der Waals surface area contributed by atoms with E-state index in [4.69, 9.17) is 4.42 Å². The molecule has 2 aromatic carbocycles. The lowest BCUT2D eigenvalue weighted by Crippen LogP contribution is -1.89. The van der Waals surface area contributed by atoms with Gasteiger partial charge in [-0.1, -0.05) is 24.3 Å². The lowest BCUT2D eigenvalue weighted by molar-refractivity contribution is 0.277. The minimum absolute atomic E-state index is 0.211. The van der Waals surface area contributed by atoms with Crippen LogP contribution < -0.4 is 0 Å².